The highest BCUT2D eigenvalue weighted by atomic mass is 15.2. The Morgan fingerprint density at radius 1 is 0.944 bits per heavy atom. The van der Waals surface area contributed by atoms with E-state index in [1.54, 1.807) is 0 Å². The van der Waals surface area contributed by atoms with Gasteiger partial charge in [-0.3, -0.25) is 4.90 Å². The van der Waals surface area contributed by atoms with Crippen molar-refractivity contribution in [2.24, 2.45) is 11.8 Å². The Bertz CT molecular complexity index is 262. The van der Waals surface area contributed by atoms with Crippen LogP contribution in [0.3, 0.4) is 0 Å². The summed E-state index contributed by atoms with van der Waals surface area (Å²) in [5, 5.41) is 3.75. The Kier molecular flexibility index (Phi) is 3.95. The van der Waals surface area contributed by atoms with Gasteiger partial charge in [-0.15, -0.1) is 0 Å². The molecule has 3 fully saturated rings. The second kappa shape index (κ2) is 5.50. The van der Waals surface area contributed by atoms with Crippen LogP contribution < -0.4 is 5.32 Å². The molecule has 1 aliphatic carbocycles. The molecule has 1 N–H and O–H groups in total. The van der Waals surface area contributed by atoms with Crippen molar-refractivity contribution in [3.8, 4) is 0 Å². The maximum atomic E-state index is 3.75. The lowest BCUT2D eigenvalue weighted by molar-refractivity contribution is 0.0855. The molecule has 4 unspecified atom stereocenters. The highest BCUT2D eigenvalue weighted by molar-refractivity contribution is 4.96. The summed E-state index contributed by atoms with van der Waals surface area (Å²) in [5.41, 5.74) is 0. The fourth-order valence-corrected chi connectivity index (χ4v) is 4.92. The van der Waals surface area contributed by atoms with Crippen molar-refractivity contribution in [2.75, 3.05) is 13.1 Å². The minimum Gasteiger partial charge on any atom is -0.312 e. The van der Waals surface area contributed by atoms with Gasteiger partial charge in [-0.25, -0.2) is 0 Å². The van der Waals surface area contributed by atoms with Gasteiger partial charge in [0.1, 0.15) is 0 Å². The molecule has 0 aromatic carbocycles. The molecule has 0 amide bonds. The molecule has 104 valence electrons. The first-order chi connectivity index (χ1) is 8.74. The number of rotatable bonds is 2. The molecular formula is C16H30N2. The number of nitrogens with zero attached hydrogens (tertiary/aromatic N) is 1. The van der Waals surface area contributed by atoms with Crippen molar-refractivity contribution < 1.29 is 0 Å². The first kappa shape index (κ1) is 12.9. The summed E-state index contributed by atoms with van der Waals surface area (Å²) in [4.78, 5) is 2.90. The standard InChI is InChI=1S/C16H30N2/c1-12-9-13(2)11-14(10-12)18-8-4-6-16(18)15-5-3-7-17-15/h12-17H,3-11H2,1-2H3. The van der Waals surface area contributed by atoms with Gasteiger partial charge in [-0.05, 0) is 69.9 Å². The third-order valence-electron chi connectivity index (χ3n) is 5.53. The van der Waals surface area contributed by atoms with E-state index < -0.39 is 0 Å². The lowest BCUT2D eigenvalue weighted by Crippen LogP contribution is -2.50. The van der Waals surface area contributed by atoms with E-state index in [9.17, 15) is 0 Å². The van der Waals surface area contributed by atoms with Crippen molar-refractivity contribution >= 4 is 0 Å². The van der Waals surface area contributed by atoms with Crippen LogP contribution in [-0.4, -0.2) is 36.1 Å². The van der Waals surface area contributed by atoms with Gasteiger partial charge in [0.2, 0.25) is 0 Å². The zero-order valence-electron chi connectivity index (χ0n) is 12.2. The highest BCUT2D eigenvalue weighted by Gasteiger charge is 2.38. The first-order valence-corrected chi connectivity index (χ1v) is 8.23. The van der Waals surface area contributed by atoms with Crippen LogP contribution in [0.2, 0.25) is 0 Å². The average molecular weight is 250 g/mol. The van der Waals surface area contributed by atoms with Gasteiger partial charge in [-0.1, -0.05) is 13.8 Å². The number of likely N-dealkylation sites (tertiary alicyclic amines) is 1. The Morgan fingerprint density at radius 2 is 1.72 bits per heavy atom. The van der Waals surface area contributed by atoms with E-state index in [4.69, 9.17) is 0 Å². The van der Waals surface area contributed by atoms with Crippen LogP contribution in [0.5, 0.6) is 0 Å². The SMILES string of the molecule is CC1CC(C)CC(N2CCCC2C2CCCN2)C1. The Balaban J connectivity index is 1.66. The third-order valence-corrected chi connectivity index (χ3v) is 5.53. The van der Waals surface area contributed by atoms with E-state index >= 15 is 0 Å². The average Bonchev–Trinajstić information content (AvgIpc) is 2.98. The molecule has 2 heterocycles. The molecule has 2 saturated heterocycles. The van der Waals surface area contributed by atoms with Crippen molar-refractivity contribution in [3.63, 3.8) is 0 Å². The number of nitrogens with one attached hydrogen (secondary N) is 1. The van der Waals surface area contributed by atoms with Crippen molar-refractivity contribution in [3.05, 3.63) is 0 Å². The van der Waals surface area contributed by atoms with Crippen LogP contribution in [-0.2, 0) is 0 Å². The second-order valence-corrected chi connectivity index (χ2v) is 7.22. The topological polar surface area (TPSA) is 15.3 Å². The molecule has 2 heteroatoms. The van der Waals surface area contributed by atoms with E-state index in [1.807, 2.05) is 0 Å². The molecule has 2 nitrogen and oxygen atoms in total. The van der Waals surface area contributed by atoms with Gasteiger partial charge >= 0.3 is 0 Å². The molecule has 2 aliphatic heterocycles. The molecular weight excluding hydrogens is 220 g/mol. The van der Waals surface area contributed by atoms with E-state index in [2.05, 4.69) is 24.1 Å². The lowest BCUT2D eigenvalue weighted by Gasteiger charge is -2.41. The summed E-state index contributed by atoms with van der Waals surface area (Å²) >= 11 is 0. The van der Waals surface area contributed by atoms with Gasteiger partial charge in [0.15, 0.2) is 0 Å². The van der Waals surface area contributed by atoms with E-state index in [0.717, 1.165) is 30.0 Å². The van der Waals surface area contributed by atoms with Crippen LogP contribution >= 0.6 is 0 Å². The molecule has 18 heavy (non-hydrogen) atoms. The van der Waals surface area contributed by atoms with Crippen LogP contribution in [0.4, 0.5) is 0 Å². The number of hydrogen-bond donors (Lipinski definition) is 1. The van der Waals surface area contributed by atoms with Crippen molar-refractivity contribution in [2.45, 2.75) is 76.9 Å². The van der Waals surface area contributed by atoms with E-state index in [0.29, 0.717) is 0 Å². The Hall–Kier alpha value is -0.0800. The van der Waals surface area contributed by atoms with Gasteiger partial charge in [0, 0.05) is 18.1 Å². The predicted octanol–water partition coefficient (Wildman–Crippen LogP) is 3.03. The molecule has 0 spiro atoms. The van der Waals surface area contributed by atoms with E-state index in [-0.39, 0.29) is 0 Å². The molecule has 3 rings (SSSR count). The summed E-state index contributed by atoms with van der Waals surface area (Å²) in [5.74, 6) is 1.88. The molecule has 0 radical (unpaired) electrons. The Morgan fingerprint density at radius 3 is 2.39 bits per heavy atom. The summed E-state index contributed by atoms with van der Waals surface area (Å²) in [6.07, 6.45) is 10.0. The smallest absolute Gasteiger partial charge is 0.0252 e. The van der Waals surface area contributed by atoms with E-state index in [1.165, 1.54) is 58.0 Å². The van der Waals surface area contributed by atoms with Crippen LogP contribution in [0.1, 0.15) is 58.8 Å². The van der Waals surface area contributed by atoms with Gasteiger partial charge in [0.05, 0.1) is 0 Å². The van der Waals surface area contributed by atoms with Crippen molar-refractivity contribution in [1.82, 2.24) is 10.2 Å². The molecule has 3 aliphatic rings. The predicted molar refractivity (Wildman–Crippen MR) is 76.7 cm³/mol. The van der Waals surface area contributed by atoms with Crippen LogP contribution in [0, 0.1) is 11.8 Å². The summed E-state index contributed by atoms with van der Waals surface area (Å²) in [7, 11) is 0. The fourth-order valence-electron chi connectivity index (χ4n) is 4.92. The zero-order valence-corrected chi connectivity index (χ0v) is 12.2. The minimum atomic E-state index is 0.806. The van der Waals surface area contributed by atoms with Gasteiger partial charge in [0.25, 0.3) is 0 Å². The zero-order chi connectivity index (χ0) is 12.5. The number of hydrogen-bond acceptors (Lipinski definition) is 2. The van der Waals surface area contributed by atoms with Crippen LogP contribution in [0.25, 0.3) is 0 Å². The van der Waals surface area contributed by atoms with Gasteiger partial charge < -0.3 is 5.32 Å². The van der Waals surface area contributed by atoms with Gasteiger partial charge in [-0.2, -0.15) is 0 Å². The quantitative estimate of drug-likeness (QED) is 0.810. The molecule has 4 atom stereocenters. The molecule has 0 aromatic rings. The normalized spacial score (nSPS) is 46.7. The summed E-state index contributed by atoms with van der Waals surface area (Å²) < 4.78 is 0. The highest BCUT2D eigenvalue weighted by Crippen LogP contribution is 2.36. The Labute approximate surface area is 113 Å². The maximum Gasteiger partial charge on any atom is 0.0252 e. The lowest BCUT2D eigenvalue weighted by atomic mass is 9.79. The minimum absolute atomic E-state index is 0.806. The first-order valence-electron chi connectivity index (χ1n) is 8.23. The van der Waals surface area contributed by atoms with Crippen molar-refractivity contribution in [1.29, 1.82) is 0 Å². The monoisotopic (exact) mass is 250 g/mol. The second-order valence-electron chi connectivity index (χ2n) is 7.22. The fraction of sp³-hybridized carbons (Fsp3) is 1.00. The summed E-state index contributed by atoms with van der Waals surface area (Å²) in [6, 6.07) is 2.55. The molecule has 0 aromatic heterocycles. The summed E-state index contributed by atoms with van der Waals surface area (Å²) in [6.45, 7) is 7.54. The third kappa shape index (κ3) is 2.60. The van der Waals surface area contributed by atoms with Crippen LogP contribution in [0.15, 0.2) is 0 Å². The maximum absolute atomic E-state index is 3.75. The molecule has 1 saturated carbocycles. The molecule has 0 bridgehead atoms. The largest absolute Gasteiger partial charge is 0.312 e.